The van der Waals surface area contributed by atoms with Gasteiger partial charge in [0, 0.05) is 53.5 Å². The molecule has 2 heterocycles. The van der Waals surface area contributed by atoms with Crippen LogP contribution in [0.3, 0.4) is 0 Å². The highest BCUT2D eigenvalue weighted by Crippen LogP contribution is 2.30. The van der Waals surface area contributed by atoms with Gasteiger partial charge in [-0.25, -0.2) is 9.59 Å². The molecule has 0 unspecified atom stereocenters. The molecular formula is C23H26N4O3. The van der Waals surface area contributed by atoms with Gasteiger partial charge in [-0.2, -0.15) is 0 Å². The van der Waals surface area contributed by atoms with E-state index in [1.54, 1.807) is 24.3 Å². The van der Waals surface area contributed by atoms with Crippen LogP contribution < -0.4 is 10.6 Å². The lowest BCUT2D eigenvalue weighted by Crippen LogP contribution is -2.35. The molecule has 30 heavy (non-hydrogen) atoms. The molecule has 156 valence electrons. The van der Waals surface area contributed by atoms with Gasteiger partial charge >= 0.3 is 12.0 Å². The summed E-state index contributed by atoms with van der Waals surface area (Å²) in [6.07, 6.45) is 1.01. The first-order valence-electron chi connectivity index (χ1n) is 10.1. The van der Waals surface area contributed by atoms with Crippen LogP contribution in [0, 0.1) is 0 Å². The van der Waals surface area contributed by atoms with Gasteiger partial charge < -0.3 is 20.4 Å². The van der Waals surface area contributed by atoms with Crippen LogP contribution in [0.2, 0.25) is 0 Å². The number of carbonyl (C=O) groups is 2. The van der Waals surface area contributed by atoms with E-state index < -0.39 is 5.97 Å². The van der Waals surface area contributed by atoms with E-state index in [1.807, 2.05) is 18.2 Å². The smallest absolute Gasteiger partial charge is 0.337 e. The third-order valence-corrected chi connectivity index (χ3v) is 5.56. The maximum absolute atomic E-state index is 12.4. The Balaban J connectivity index is 1.48. The van der Waals surface area contributed by atoms with Crippen LogP contribution >= 0.6 is 0 Å². The molecule has 1 aliphatic rings. The van der Waals surface area contributed by atoms with Crippen LogP contribution in [-0.4, -0.2) is 41.6 Å². The molecule has 0 fully saturated rings. The highest BCUT2D eigenvalue weighted by Gasteiger charge is 2.22. The molecule has 0 radical (unpaired) electrons. The van der Waals surface area contributed by atoms with Gasteiger partial charge in [-0.15, -0.1) is 0 Å². The number of aromatic amines is 1. The molecule has 0 saturated heterocycles. The monoisotopic (exact) mass is 406 g/mol. The van der Waals surface area contributed by atoms with E-state index in [9.17, 15) is 9.59 Å². The van der Waals surface area contributed by atoms with E-state index in [0.29, 0.717) is 17.3 Å². The number of fused-ring (bicyclic) bond motifs is 3. The lowest BCUT2D eigenvalue weighted by molar-refractivity contribution is 0.0600. The number of hydrogen-bond acceptors (Lipinski definition) is 4. The Bertz CT molecular complexity index is 1090. The van der Waals surface area contributed by atoms with Crippen molar-refractivity contribution in [2.24, 2.45) is 0 Å². The van der Waals surface area contributed by atoms with Gasteiger partial charge in [0.15, 0.2) is 0 Å². The Morgan fingerprint density at radius 2 is 1.77 bits per heavy atom. The summed E-state index contributed by atoms with van der Waals surface area (Å²) < 4.78 is 4.68. The van der Waals surface area contributed by atoms with Crippen molar-refractivity contribution in [2.45, 2.75) is 32.9 Å². The quantitative estimate of drug-likeness (QED) is 0.562. The number of carbonyl (C=O) groups excluding carboxylic acids is 2. The first-order valence-corrected chi connectivity index (χ1v) is 10.1. The Hall–Kier alpha value is -3.32. The zero-order valence-electron chi connectivity index (χ0n) is 17.4. The standard InChI is InChI=1S/C23H26N4O3/c1-14(2)27-11-10-21-19(13-27)18-12-17(8-9-20(18)26-21)25-23(29)24-16-6-4-15(5-7-16)22(28)30-3/h4-9,12,14,26H,10-11,13H2,1-3H3,(H2,24,25,29). The summed E-state index contributed by atoms with van der Waals surface area (Å²) >= 11 is 0. The predicted octanol–water partition coefficient (Wildman–Crippen LogP) is 4.37. The van der Waals surface area contributed by atoms with E-state index in [4.69, 9.17) is 0 Å². The van der Waals surface area contributed by atoms with Gasteiger partial charge in [0.1, 0.15) is 0 Å². The number of urea groups is 1. The Morgan fingerprint density at radius 3 is 2.47 bits per heavy atom. The number of nitrogens with zero attached hydrogens (tertiary/aromatic N) is 1. The molecule has 0 atom stereocenters. The number of hydrogen-bond donors (Lipinski definition) is 3. The highest BCUT2D eigenvalue weighted by molar-refractivity contribution is 6.01. The summed E-state index contributed by atoms with van der Waals surface area (Å²) in [4.78, 5) is 29.9. The number of ether oxygens (including phenoxy) is 1. The van der Waals surface area contributed by atoms with Gasteiger partial charge in [0.05, 0.1) is 12.7 Å². The van der Waals surface area contributed by atoms with Crippen molar-refractivity contribution in [1.82, 2.24) is 9.88 Å². The lowest BCUT2D eigenvalue weighted by atomic mass is 10.0. The van der Waals surface area contributed by atoms with Crippen molar-refractivity contribution < 1.29 is 14.3 Å². The summed E-state index contributed by atoms with van der Waals surface area (Å²) in [5.74, 6) is -0.412. The van der Waals surface area contributed by atoms with Crippen LogP contribution in [0.25, 0.3) is 10.9 Å². The second kappa shape index (κ2) is 8.20. The second-order valence-electron chi connectivity index (χ2n) is 7.80. The van der Waals surface area contributed by atoms with Crippen LogP contribution in [0.1, 0.15) is 35.5 Å². The number of anilines is 2. The van der Waals surface area contributed by atoms with E-state index in [0.717, 1.165) is 36.1 Å². The zero-order chi connectivity index (χ0) is 21.3. The van der Waals surface area contributed by atoms with Gasteiger partial charge in [0.25, 0.3) is 0 Å². The summed E-state index contributed by atoms with van der Waals surface area (Å²) in [5, 5.41) is 6.82. The van der Waals surface area contributed by atoms with Gasteiger partial charge in [-0.1, -0.05) is 0 Å². The summed E-state index contributed by atoms with van der Waals surface area (Å²) in [7, 11) is 1.33. The van der Waals surface area contributed by atoms with Crippen LogP contribution in [0.4, 0.5) is 16.2 Å². The molecule has 1 aromatic heterocycles. The molecule has 2 aromatic carbocycles. The maximum atomic E-state index is 12.4. The van der Waals surface area contributed by atoms with Gasteiger partial charge in [-0.05, 0) is 61.9 Å². The molecular weight excluding hydrogens is 380 g/mol. The van der Waals surface area contributed by atoms with Crippen molar-refractivity contribution in [3.05, 3.63) is 59.3 Å². The van der Waals surface area contributed by atoms with E-state index in [2.05, 4.69) is 39.1 Å². The number of nitrogens with one attached hydrogen (secondary N) is 3. The number of esters is 1. The minimum Gasteiger partial charge on any atom is -0.465 e. The maximum Gasteiger partial charge on any atom is 0.337 e. The minimum atomic E-state index is -0.412. The lowest BCUT2D eigenvalue weighted by Gasteiger charge is -2.30. The molecule has 0 bridgehead atoms. The first-order chi connectivity index (χ1) is 14.4. The van der Waals surface area contributed by atoms with Crippen molar-refractivity contribution in [1.29, 1.82) is 0 Å². The molecule has 0 spiro atoms. The molecule has 3 N–H and O–H groups in total. The zero-order valence-corrected chi connectivity index (χ0v) is 17.4. The molecule has 0 saturated carbocycles. The fourth-order valence-corrected chi connectivity index (χ4v) is 3.85. The normalized spacial score (nSPS) is 13.9. The molecule has 7 nitrogen and oxygen atoms in total. The Labute approximate surface area is 175 Å². The third-order valence-electron chi connectivity index (χ3n) is 5.56. The molecule has 2 amide bonds. The van der Waals surface area contributed by atoms with Crippen LogP contribution in [-0.2, 0) is 17.7 Å². The van der Waals surface area contributed by atoms with Crippen LogP contribution in [0.15, 0.2) is 42.5 Å². The fraction of sp³-hybridized carbons (Fsp3) is 0.304. The fourth-order valence-electron chi connectivity index (χ4n) is 3.85. The number of amides is 2. The Kier molecular flexibility index (Phi) is 5.46. The topological polar surface area (TPSA) is 86.5 Å². The van der Waals surface area contributed by atoms with E-state index in [-0.39, 0.29) is 6.03 Å². The van der Waals surface area contributed by atoms with Crippen molar-refractivity contribution >= 4 is 34.3 Å². The molecule has 0 aliphatic carbocycles. The van der Waals surface area contributed by atoms with Crippen molar-refractivity contribution in [3.63, 3.8) is 0 Å². The van der Waals surface area contributed by atoms with E-state index in [1.165, 1.54) is 18.4 Å². The summed E-state index contributed by atoms with van der Waals surface area (Å²) in [6.45, 7) is 6.40. The number of H-pyrrole nitrogens is 1. The largest absolute Gasteiger partial charge is 0.465 e. The average molecular weight is 406 g/mol. The van der Waals surface area contributed by atoms with E-state index >= 15 is 0 Å². The van der Waals surface area contributed by atoms with Crippen molar-refractivity contribution in [2.75, 3.05) is 24.3 Å². The predicted molar refractivity (Wildman–Crippen MR) is 118 cm³/mol. The molecule has 3 aromatic rings. The van der Waals surface area contributed by atoms with Crippen molar-refractivity contribution in [3.8, 4) is 0 Å². The van der Waals surface area contributed by atoms with Crippen LogP contribution in [0.5, 0.6) is 0 Å². The second-order valence-corrected chi connectivity index (χ2v) is 7.80. The Morgan fingerprint density at radius 1 is 1.07 bits per heavy atom. The third kappa shape index (κ3) is 4.02. The summed E-state index contributed by atoms with van der Waals surface area (Å²) in [5.41, 5.74) is 5.45. The number of aromatic nitrogens is 1. The average Bonchev–Trinajstić information content (AvgIpc) is 3.10. The molecule has 1 aliphatic heterocycles. The number of methoxy groups -OCH3 is 1. The molecule has 7 heteroatoms. The highest BCUT2D eigenvalue weighted by atomic mass is 16.5. The summed E-state index contributed by atoms with van der Waals surface area (Å²) in [6, 6.07) is 12.6. The van der Waals surface area contributed by atoms with Gasteiger partial charge in [0.2, 0.25) is 0 Å². The number of benzene rings is 2. The SMILES string of the molecule is COC(=O)c1ccc(NC(=O)Nc2ccc3[nH]c4c(c3c2)CN(C(C)C)CC4)cc1. The molecule has 4 rings (SSSR count). The van der Waals surface area contributed by atoms with Gasteiger partial charge in [-0.3, -0.25) is 4.90 Å². The first kappa shape index (κ1) is 20.0. The minimum absolute atomic E-state index is 0.339. The number of rotatable bonds is 4.